The highest BCUT2D eigenvalue weighted by Crippen LogP contribution is 2.26. The molecule has 22 heavy (non-hydrogen) atoms. The number of hydrogen-bond acceptors (Lipinski definition) is 5. The van der Waals surface area contributed by atoms with E-state index >= 15 is 0 Å². The van der Waals surface area contributed by atoms with Crippen LogP contribution in [0.3, 0.4) is 0 Å². The number of aromatic nitrogens is 1. The molecule has 0 saturated carbocycles. The molecule has 0 radical (unpaired) electrons. The van der Waals surface area contributed by atoms with Gasteiger partial charge in [0.05, 0.1) is 0 Å². The number of allylic oxidation sites excluding steroid dienone is 1. The number of rotatable bonds is 5. The fourth-order valence-electron chi connectivity index (χ4n) is 1.60. The van der Waals surface area contributed by atoms with Crippen molar-refractivity contribution < 1.29 is 4.39 Å². The van der Waals surface area contributed by atoms with Crippen LogP contribution in [0, 0.1) is 28.5 Å². The second-order valence-electron chi connectivity index (χ2n) is 4.21. The van der Waals surface area contributed by atoms with Gasteiger partial charge in [0.2, 0.25) is 0 Å². The minimum atomic E-state index is -0.347. The SMILES string of the molecule is N#CC(C#N)=C(Nc1ccc(F)cc1)SCc1cccnc1. The summed E-state index contributed by atoms with van der Waals surface area (Å²) in [7, 11) is 0. The third kappa shape index (κ3) is 4.34. The molecule has 0 aliphatic rings. The summed E-state index contributed by atoms with van der Waals surface area (Å²) in [6.45, 7) is 0. The van der Waals surface area contributed by atoms with E-state index in [0.717, 1.165) is 5.56 Å². The molecule has 0 fully saturated rings. The Morgan fingerprint density at radius 2 is 1.91 bits per heavy atom. The van der Waals surface area contributed by atoms with E-state index < -0.39 is 0 Å². The van der Waals surface area contributed by atoms with Crippen molar-refractivity contribution in [2.45, 2.75) is 5.75 Å². The maximum Gasteiger partial charge on any atom is 0.159 e. The zero-order valence-electron chi connectivity index (χ0n) is 11.5. The molecule has 1 aromatic carbocycles. The van der Waals surface area contributed by atoms with Crippen LogP contribution < -0.4 is 5.32 Å². The summed E-state index contributed by atoms with van der Waals surface area (Å²) in [5.41, 5.74) is 1.57. The van der Waals surface area contributed by atoms with Crippen molar-refractivity contribution in [1.82, 2.24) is 4.98 Å². The number of halogens is 1. The Morgan fingerprint density at radius 3 is 2.50 bits per heavy atom. The van der Waals surface area contributed by atoms with Crippen LogP contribution >= 0.6 is 11.8 Å². The van der Waals surface area contributed by atoms with E-state index in [4.69, 9.17) is 10.5 Å². The first-order valence-electron chi connectivity index (χ1n) is 6.31. The highest BCUT2D eigenvalue weighted by atomic mass is 32.2. The molecule has 1 N–H and O–H groups in total. The number of benzene rings is 1. The zero-order chi connectivity index (χ0) is 15.8. The van der Waals surface area contributed by atoms with Crippen LogP contribution in [0.2, 0.25) is 0 Å². The summed E-state index contributed by atoms with van der Waals surface area (Å²) in [4.78, 5) is 4.02. The second-order valence-corrected chi connectivity index (χ2v) is 5.20. The molecule has 0 amide bonds. The van der Waals surface area contributed by atoms with Gasteiger partial charge in [-0.1, -0.05) is 6.07 Å². The summed E-state index contributed by atoms with van der Waals surface area (Å²) in [5, 5.41) is 21.5. The fourth-order valence-corrected chi connectivity index (χ4v) is 2.51. The molecule has 0 spiro atoms. The highest BCUT2D eigenvalue weighted by molar-refractivity contribution is 8.02. The summed E-state index contributed by atoms with van der Waals surface area (Å²) >= 11 is 1.32. The first kappa shape index (κ1) is 15.6. The zero-order valence-corrected chi connectivity index (χ0v) is 12.3. The summed E-state index contributed by atoms with van der Waals surface area (Å²) in [5.74, 6) is 0.212. The number of pyridine rings is 1. The average Bonchev–Trinajstić information content (AvgIpc) is 2.56. The first-order chi connectivity index (χ1) is 10.7. The van der Waals surface area contributed by atoms with Crippen molar-refractivity contribution in [2.75, 3.05) is 5.32 Å². The Kier molecular flexibility index (Phi) is 5.53. The molecule has 0 aliphatic heterocycles. The molecular formula is C16H11FN4S. The van der Waals surface area contributed by atoms with E-state index in [-0.39, 0.29) is 11.4 Å². The van der Waals surface area contributed by atoms with Crippen LogP contribution in [0.5, 0.6) is 0 Å². The lowest BCUT2D eigenvalue weighted by atomic mass is 10.3. The molecule has 4 nitrogen and oxygen atoms in total. The van der Waals surface area contributed by atoms with Gasteiger partial charge in [-0.05, 0) is 35.9 Å². The van der Waals surface area contributed by atoms with Gasteiger partial charge < -0.3 is 5.32 Å². The largest absolute Gasteiger partial charge is 0.349 e. The van der Waals surface area contributed by atoms with E-state index in [1.165, 1.54) is 23.9 Å². The van der Waals surface area contributed by atoms with E-state index in [1.807, 2.05) is 24.3 Å². The Bertz CT molecular complexity index is 726. The minimum absolute atomic E-state index is 0.0155. The van der Waals surface area contributed by atoms with E-state index in [9.17, 15) is 4.39 Å². The molecule has 6 heteroatoms. The van der Waals surface area contributed by atoms with Crippen molar-refractivity contribution in [3.05, 3.63) is 70.8 Å². The quantitative estimate of drug-likeness (QED) is 0.850. The number of thioether (sulfide) groups is 1. The number of nitrogens with one attached hydrogen (secondary N) is 1. The van der Waals surface area contributed by atoms with Crippen LogP contribution in [0.15, 0.2) is 59.4 Å². The van der Waals surface area contributed by atoms with Crippen molar-refractivity contribution in [2.24, 2.45) is 0 Å². The molecule has 2 rings (SSSR count). The monoisotopic (exact) mass is 310 g/mol. The molecule has 0 atom stereocenters. The highest BCUT2D eigenvalue weighted by Gasteiger charge is 2.08. The maximum atomic E-state index is 12.9. The molecule has 0 unspecified atom stereocenters. The molecule has 0 aliphatic carbocycles. The van der Waals surface area contributed by atoms with Crippen LogP contribution in [0.1, 0.15) is 5.56 Å². The van der Waals surface area contributed by atoms with Crippen LogP contribution in [-0.2, 0) is 5.75 Å². The van der Waals surface area contributed by atoms with Crippen molar-refractivity contribution in [3.8, 4) is 12.1 Å². The molecule has 0 saturated heterocycles. The Balaban J connectivity index is 2.17. The Labute approximate surface area is 131 Å². The van der Waals surface area contributed by atoms with E-state index in [1.54, 1.807) is 24.5 Å². The second kappa shape index (κ2) is 7.82. The lowest BCUT2D eigenvalue weighted by Crippen LogP contribution is -2.00. The molecule has 1 aromatic heterocycles. The molecule has 1 heterocycles. The third-order valence-electron chi connectivity index (χ3n) is 2.66. The third-order valence-corrected chi connectivity index (χ3v) is 3.73. The van der Waals surface area contributed by atoms with E-state index in [2.05, 4.69) is 10.3 Å². The van der Waals surface area contributed by atoms with Crippen molar-refractivity contribution in [1.29, 1.82) is 10.5 Å². The maximum absolute atomic E-state index is 12.9. The predicted octanol–water partition coefficient (Wildman–Crippen LogP) is 3.82. The van der Waals surface area contributed by atoms with Gasteiger partial charge in [0, 0.05) is 23.8 Å². The van der Waals surface area contributed by atoms with Gasteiger partial charge in [-0.3, -0.25) is 4.98 Å². The number of hydrogen-bond donors (Lipinski definition) is 1. The Hall–Kier alpha value is -2.83. The molecule has 0 bridgehead atoms. The molecular weight excluding hydrogens is 299 g/mol. The normalized spacial score (nSPS) is 9.41. The Morgan fingerprint density at radius 1 is 1.18 bits per heavy atom. The number of nitrogens with zero attached hydrogens (tertiary/aromatic N) is 3. The number of anilines is 1. The van der Waals surface area contributed by atoms with Gasteiger partial charge in [-0.25, -0.2) is 4.39 Å². The predicted molar refractivity (Wildman–Crippen MR) is 83.8 cm³/mol. The first-order valence-corrected chi connectivity index (χ1v) is 7.30. The van der Waals surface area contributed by atoms with Crippen LogP contribution in [0.4, 0.5) is 10.1 Å². The topological polar surface area (TPSA) is 72.5 Å². The van der Waals surface area contributed by atoms with Crippen molar-refractivity contribution in [3.63, 3.8) is 0 Å². The van der Waals surface area contributed by atoms with Gasteiger partial charge in [0.25, 0.3) is 0 Å². The fraction of sp³-hybridized carbons (Fsp3) is 0.0625. The van der Waals surface area contributed by atoms with Gasteiger partial charge in [0.1, 0.15) is 23.0 Å². The summed E-state index contributed by atoms with van der Waals surface area (Å²) < 4.78 is 12.9. The van der Waals surface area contributed by atoms with Gasteiger partial charge in [-0.2, -0.15) is 10.5 Å². The van der Waals surface area contributed by atoms with Gasteiger partial charge in [-0.15, -0.1) is 11.8 Å². The smallest absolute Gasteiger partial charge is 0.159 e. The minimum Gasteiger partial charge on any atom is -0.349 e. The lowest BCUT2D eigenvalue weighted by Gasteiger charge is -2.10. The lowest BCUT2D eigenvalue weighted by molar-refractivity contribution is 0.628. The summed E-state index contributed by atoms with van der Waals surface area (Å²) in [6, 6.07) is 13.2. The van der Waals surface area contributed by atoms with Crippen LogP contribution in [-0.4, -0.2) is 4.98 Å². The van der Waals surface area contributed by atoms with E-state index in [0.29, 0.717) is 16.5 Å². The van der Waals surface area contributed by atoms with Gasteiger partial charge >= 0.3 is 0 Å². The molecule has 2 aromatic rings. The van der Waals surface area contributed by atoms with Gasteiger partial charge in [0.15, 0.2) is 5.57 Å². The number of nitriles is 2. The van der Waals surface area contributed by atoms with Crippen molar-refractivity contribution >= 4 is 17.4 Å². The van der Waals surface area contributed by atoms with Crippen LogP contribution in [0.25, 0.3) is 0 Å². The standard InChI is InChI=1S/C16H11FN4S/c17-14-3-5-15(6-4-14)21-16(13(8-18)9-19)22-11-12-2-1-7-20-10-12/h1-7,10,21H,11H2. The average molecular weight is 310 g/mol. The molecule has 108 valence electrons. The summed E-state index contributed by atoms with van der Waals surface area (Å²) in [6.07, 6.45) is 3.40.